The molecule has 1 unspecified atom stereocenters. The molecular weight excluding hydrogens is 465 g/mol. The summed E-state index contributed by atoms with van der Waals surface area (Å²) in [6.07, 6.45) is -1.11. The minimum atomic E-state index is -4.59. The molecule has 0 radical (unpaired) electrons. The summed E-state index contributed by atoms with van der Waals surface area (Å²) < 4.78 is 57.8. The van der Waals surface area contributed by atoms with E-state index in [1.54, 1.807) is 23.8 Å². The van der Waals surface area contributed by atoms with Crippen LogP contribution in [0, 0.1) is 0 Å². The molecule has 0 saturated carbocycles. The zero-order chi connectivity index (χ0) is 25.2. The first kappa shape index (κ1) is 24.4. The molecule has 2 aromatic heterocycles. The average molecular weight is 490 g/mol. The van der Waals surface area contributed by atoms with Gasteiger partial charge in [-0.2, -0.15) is 13.2 Å². The number of aliphatic carboxylic acids is 1. The Morgan fingerprint density at radius 3 is 2.66 bits per heavy atom. The van der Waals surface area contributed by atoms with Crippen LogP contribution in [0.4, 0.5) is 13.2 Å². The van der Waals surface area contributed by atoms with Gasteiger partial charge in [0.25, 0.3) is 0 Å². The van der Waals surface area contributed by atoms with E-state index in [9.17, 15) is 23.1 Å². The molecule has 0 aliphatic rings. The topological polar surface area (TPSA) is 86.7 Å². The van der Waals surface area contributed by atoms with Crippen LogP contribution in [-0.2, 0) is 17.4 Å². The predicted octanol–water partition coefficient (Wildman–Crippen LogP) is 6.25. The molecule has 7 nitrogen and oxygen atoms in total. The van der Waals surface area contributed by atoms with Crippen molar-refractivity contribution in [2.45, 2.75) is 45.3 Å². The van der Waals surface area contributed by atoms with Crippen molar-refractivity contribution < 1.29 is 37.1 Å². The number of hydrogen-bond donors (Lipinski definition) is 1. The molecule has 4 rings (SSSR count). The number of nitrogens with zero attached hydrogens (tertiary/aromatic N) is 2. The van der Waals surface area contributed by atoms with Gasteiger partial charge in [-0.25, -0.2) is 4.79 Å². The zero-order valence-electron chi connectivity index (χ0n) is 19.3. The third-order valence-electron chi connectivity index (χ3n) is 5.75. The van der Waals surface area contributed by atoms with Crippen LogP contribution in [0.5, 0.6) is 11.5 Å². The van der Waals surface area contributed by atoms with Crippen molar-refractivity contribution in [3.05, 3.63) is 53.9 Å². The molecule has 10 heteroatoms. The summed E-state index contributed by atoms with van der Waals surface area (Å²) in [6, 6.07) is 9.46. The van der Waals surface area contributed by atoms with E-state index < -0.39 is 23.9 Å². The van der Waals surface area contributed by atoms with Gasteiger partial charge in [-0.1, -0.05) is 18.5 Å². The van der Waals surface area contributed by atoms with Crippen LogP contribution in [0.1, 0.15) is 44.0 Å². The summed E-state index contributed by atoms with van der Waals surface area (Å²) in [5.41, 5.74) is 0.440. The number of fused-ring (bicyclic) bond motifs is 2. The largest absolute Gasteiger partial charge is 0.493 e. The molecule has 0 saturated heterocycles. The minimum Gasteiger partial charge on any atom is -0.493 e. The highest BCUT2D eigenvalue weighted by Gasteiger charge is 2.37. The Labute approximate surface area is 199 Å². The van der Waals surface area contributed by atoms with Gasteiger partial charge in [0.1, 0.15) is 17.5 Å². The maximum Gasteiger partial charge on any atom is 0.437 e. The van der Waals surface area contributed by atoms with Crippen LogP contribution >= 0.6 is 0 Å². The van der Waals surface area contributed by atoms with E-state index in [0.717, 1.165) is 10.9 Å². The SMILES string of the molecule is CCCc1c(OCCCOc2ccc3c(ccn3C(C)C(=O)O)c2)ccc2c(C(F)(F)F)noc12. The van der Waals surface area contributed by atoms with Crippen LogP contribution < -0.4 is 9.47 Å². The lowest BCUT2D eigenvalue weighted by Crippen LogP contribution is -2.14. The highest BCUT2D eigenvalue weighted by molar-refractivity contribution is 5.85. The molecule has 186 valence electrons. The predicted molar refractivity (Wildman–Crippen MR) is 123 cm³/mol. The Hall–Kier alpha value is -3.69. The first-order valence-corrected chi connectivity index (χ1v) is 11.3. The van der Waals surface area contributed by atoms with Gasteiger partial charge >= 0.3 is 12.1 Å². The average Bonchev–Trinajstić information content (AvgIpc) is 3.43. The summed E-state index contributed by atoms with van der Waals surface area (Å²) in [6.45, 7) is 4.21. The Morgan fingerprint density at radius 2 is 1.94 bits per heavy atom. The Bertz CT molecular complexity index is 1340. The number of rotatable bonds is 10. The van der Waals surface area contributed by atoms with Gasteiger partial charge in [0.05, 0.1) is 18.6 Å². The highest BCUT2D eigenvalue weighted by atomic mass is 19.4. The van der Waals surface area contributed by atoms with Crippen LogP contribution in [0.25, 0.3) is 21.9 Å². The van der Waals surface area contributed by atoms with Crippen molar-refractivity contribution in [3.63, 3.8) is 0 Å². The second kappa shape index (κ2) is 9.89. The number of halogens is 3. The van der Waals surface area contributed by atoms with Crippen LogP contribution in [0.2, 0.25) is 0 Å². The fourth-order valence-electron chi connectivity index (χ4n) is 3.99. The molecule has 1 N–H and O–H groups in total. The maximum absolute atomic E-state index is 13.2. The molecule has 0 fully saturated rings. The third-order valence-corrected chi connectivity index (χ3v) is 5.75. The number of carboxylic acid groups (broad SMARTS) is 1. The maximum atomic E-state index is 13.2. The van der Waals surface area contributed by atoms with Gasteiger partial charge in [0.2, 0.25) is 0 Å². The van der Waals surface area contributed by atoms with E-state index in [1.165, 1.54) is 12.1 Å². The van der Waals surface area contributed by atoms with Crippen molar-refractivity contribution in [2.75, 3.05) is 13.2 Å². The standard InChI is InChI=1S/C25H25F3N2O5/c1-3-5-18-21(9-7-19-22(18)35-29-23(19)25(26,27)28)34-13-4-12-33-17-6-8-20-16(14-17)10-11-30(20)15(2)24(31)32/h6-11,14-15H,3-5,12-13H2,1-2H3,(H,31,32). The lowest BCUT2D eigenvalue weighted by Gasteiger charge is -2.13. The fourth-order valence-corrected chi connectivity index (χ4v) is 3.99. The zero-order valence-corrected chi connectivity index (χ0v) is 19.3. The Balaban J connectivity index is 1.37. The highest BCUT2D eigenvalue weighted by Crippen LogP contribution is 2.38. The molecule has 0 aliphatic heterocycles. The Morgan fingerprint density at radius 1 is 1.17 bits per heavy atom. The monoisotopic (exact) mass is 490 g/mol. The molecular formula is C25H25F3N2O5. The van der Waals surface area contributed by atoms with Gasteiger partial charge in [0, 0.05) is 29.1 Å². The van der Waals surface area contributed by atoms with E-state index in [4.69, 9.17) is 14.0 Å². The molecule has 0 spiro atoms. The lowest BCUT2D eigenvalue weighted by atomic mass is 10.0. The number of alkyl halides is 3. The van der Waals surface area contributed by atoms with Crippen LogP contribution in [0.15, 0.2) is 47.1 Å². The molecule has 1 atom stereocenters. The molecule has 4 aromatic rings. The summed E-state index contributed by atoms with van der Waals surface area (Å²) in [5, 5.41) is 13.3. The first-order valence-electron chi connectivity index (χ1n) is 11.3. The molecule has 35 heavy (non-hydrogen) atoms. The number of ether oxygens (including phenoxy) is 2. The minimum absolute atomic E-state index is 0.0707. The van der Waals surface area contributed by atoms with Crippen molar-refractivity contribution in [1.82, 2.24) is 9.72 Å². The van der Waals surface area contributed by atoms with E-state index in [0.29, 0.717) is 49.5 Å². The number of carbonyl (C=O) groups is 1. The summed E-state index contributed by atoms with van der Waals surface area (Å²) in [7, 11) is 0. The quantitative estimate of drug-likeness (QED) is 0.265. The van der Waals surface area contributed by atoms with Gasteiger partial charge in [-0.15, -0.1) is 0 Å². The molecule has 0 amide bonds. The number of benzene rings is 2. The summed E-state index contributed by atoms with van der Waals surface area (Å²) in [4.78, 5) is 11.3. The molecule has 0 aliphatic carbocycles. The second-order valence-corrected chi connectivity index (χ2v) is 8.21. The van der Waals surface area contributed by atoms with Crippen molar-refractivity contribution in [3.8, 4) is 11.5 Å². The number of aromatic nitrogens is 2. The van der Waals surface area contributed by atoms with Crippen LogP contribution in [0.3, 0.4) is 0 Å². The normalized spacial score (nSPS) is 12.8. The first-order chi connectivity index (χ1) is 16.7. The lowest BCUT2D eigenvalue weighted by molar-refractivity contribution is -0.142. The van der Waals surface area contributed by atoms with Gasteiger partial charge in [0.15, 0.2) is 11.3 Å². The number of aryl methyl sites for hydroxylation is 1. The van der Waals surface area contributed by atoms with E-state index in [1.807, 2.05) is 25.1 Å². The molecule has 2 aromatic carbocycles. The van der Waals surface area contributed by atoms with Crippen molar-refractivity contribution >= 4 is 27.8 Å². The van der Waals surface area contributed by atoms with Gasteiger partial charge in [-0.3, -0.25) is 0 Å². The fraction of sp³-hybridized carbons (Fsp3) is 0.360. The van der Waals surface area contributed by atoms with Gasteiger partial charge < -0.3 is 23.7 Å². The van der Waals surface area contributed by atoms with Crippen molar-refractivity contribution in [2.24, 2.45) is 0 Å². The van der Waals surface area contributed by atoms with Crippen LogP contribution in [-0.4, -0.2) is 34.0 Å². The Kier molecular flexibility index (Phi) is 6.90. The summed E-state index contributed by atoms with van der Waals surface area (Å²) >= 11 is 0. The second-order valence-electron chi connectivity index (χ2n) is 8.21. The van der Waals surface area contributed by atoms with E-state index >= 15 is 0 Å². The molecule has 0 bridgehead atoms. The van der Waals surface area contributed by atoms with E-state index in [2.05, 4.69) is 5.16 Å². The summed E-state index contributed by atoms with van der Waals surface area (Å²) in [5.74, 6) is 0.209. The number of carboxylic acids is 1. The molecule has 2 heterocycles. The van der Waals surface area contributed by atoms with Crippen molar-refractivity contribution in [1.29, 1.82) is 0 Å². The number of hydrogen-bond acceptors (Lipinski definition) is 5. The smallest absolute Gasteiger partial charge is 0.437 e. The van der Waals surface area contributed by atoms with E-state index in [-0.39, 0.29) is 11.0 Å². The van der Waals surface area contributed by atoms with Gasteiger partial charge in [-0.05, 0) is 49.7 Å². The third kappa shape index (κ3) is 5.06.